The first-order valence-corrected chi connectivity index (χ1v) is 8.84. The van der Waals surface area contributed by atoms with Crippen molar-refractivity contribution in [2.45, 2.75) is 44.3 Å². The molecule has 1 aliphatic rings. The topological polar surface area (TPSA) is 68.9 Å². The maximum absolute atomic E-state index is 12.8. The summed E-state index contributed by atoms with van der Waals surface area (Å²) in [6.45, 7) is 0. The van der Waals surface area contributed by atoms with Crippen molar-refractivity contribution in [3.63, 3.8) is 0 Å². The fourth-order valence-electron chi connectivity index (χ4n) is 3.52. The third kappa shape index (κ3) is 4.58. The molecule has 2 aromatic rings. The van der Waals surface area contributed by atoms with Gasteiger partial charge in [0.1, 0.15) is 6.04 Å². The number of carbonyl (C=O) groups excluding carboxylic acids is 1. The second kappa shape index (κ2) is 7.58. The number of halogens is 3. The number of carbonyl (C=O) groups is 1. The molecule has 1 atom stereocenters. The third-order valence-electron chi connectivity index (χ3n) is 4.91. The van der Waals surface area contributed by atoms with E-state index >= 15 is 0 Å². The number of hydrogen-bond donors (Lipinski definition) is 1. The summed E-state index contributed by atoms with van der Waals surface area (Å²) in [5.74, 6) is 0.139. The summed E-state index contributed by atoms with van der Waals surface area (Å²) in [5.41, 5.74) is -1.86. The molecule has 0 radical (unpaired) electrons. The van der Waals surface area contributed by atoms with Gasteiger partial charge in [0.25, 0.3) is 5.56 Å². The maximum Gasteiger partial charge on any atom is 0.416 e. The van der Waals surface area contributed by atoms with Gasteiger partial charge in [-0.15, -0.1) is 0 Å². The van der Waals surface area contributed by atoms with Crippen LogP contribution in [0.2, 0.25) is 0 Å². The summed E-state index contributed by atoms with van der Waals surface area (Å²) in [5, 5.41) is 6.73. The predicted molar refractivity (Wildman–Crippen MR) is 93.2 cm³/mol. The van der Waals surface area contributed by atoms with Gasteiger partial charge < -0.3 is 9.88 Å². The van der Waals surface area contributed by atoms with Crippen molar-refractivity contribution < 1.29 is 18.0 Å². The molecule has 1 saturated carbocycles. The Morgan fingerprint density at radius 1 is 1.30 bits per heavy atom. The van der Waals surface area contributed by atoms with Crippen molar-refractivity contribution in [1.29, 1.82) is 0 Å². The molecule has 1 amide bonds. The van der Waals surface area contributed by atoms with E-state index in [2.05, 4.69) is 10.4 Å². The Balaban J connectivity index is 1.89. The maximum atomic E-state index is 12.8. The minimum Gasteiger partial charge on any atom is -0.307 e. The van der Waals surface area contributed by atoms with Crippen LogP contribution >= 0.6 is 0 Å². The van der Waals surface area contributed by atoms with Gasteiger partial charge in [0.2, 0.25) is 5.91 Å². The highest BCUT2D eigenvalue weighted by Gasteiger charge is 2.33. The Bertz CT molecular complexity index is 866. The van der Waals surface area contributed by atoms with Crippen molar-refractivity contribution in [2.24, 2.45) is 13.0 Å². The van der Waals surface area contributed by atoms with Crippen LogP contribution in [-0.2, 0) is 18.0 Å². The van der Waals surface area contributed by atoms with E-state index in [-0.39, 0.29) is 5.92 Å². The molecule has 146 valence electrons. The predicted octanol–water partition coefficient (Wildman–Crippen LogP) is 3.36. The minimum atomic E-state index is -4.60. The van der Waals surface area contributed by atoms with Gasteiger partial charge in [-0.3, -0.25) is 14.3 Å². The highest BCUT2D eigenvalue weighted by Crippen LogP contribution is 2.33. The minimum absolute atomic E-state index is 0.263. The fourth-order valence-corrected chi connectivity index (χ4v) is 3.52. The molecule has 27 heavy (non-hydrogen) atoms. The lowest BCUT2D eigenvalue weighted by Crippen LogP contribution is -2.34. The van der Waals surface area contributed by atoms with Crippen molar-refractivity contribution in [3.8, 4) is 0 Å². The van der Waals surface area contributed by atoms with E-state index in [1.54, 1.807) is 19.3 Å². The van der Waals surface area contributed by atoms with Gasteiger partial charge >= 0.3 is 6.18 Å². The molecule has 0 spiro atoms. The molecule has 1 N–H and O–H groups in total. The number of aryl methyl sites for hydroxylation is 1. The fraction of sp³-hybridized carbons (Fsp3) is 0.500. The molecule has 0 aromatic carbocycles. The van der Waals surface area contributed by atoms with Crippen molar-refractivity contribution >= 4 is 11.7 Å². The van der Waals surface area contributed by atoms with Crippen LogP contribution in [0.4, 0.5) is 19.0 Å². The molecule has 2 heterocycles. The Labute approximate surface area is 154 Å². The average molecular weight is 382 g/mol. The molecule has 1 fully saturated rings. The molecule has 0 saturated heterocycles. The molecule has 1 unspecified atom stereocenters. The summed E-state index contributed by atoms with van der Waals surface area (Å²) in [6, 6.07) is 2.09. The van der Waals surface area contributed by atoms with E-state index in [0.29, 0.717) is 18.3 Å². The molecule has 2 aromatic heterocycles. The number of amides is 1. The van der Waals surface area contributed by atoms with Crippen LogP contribution < -0.4 is 10.9 Å². The smallest absolute Gasteiger partial charge is 0.307 e. The lowest BCUT2D eigenvalue weighted by atomic mass is 9.97. The Morgan fingerprint density at radius 3 is 2.56 bits per heavy atom. The SMILES string of the molecule is Cn1ccc(NC(=O)C(CC2CCCC2)n2ccc(C(F)(F)F)cc2=O)n1. The number of anilines is 1. The molecule has 1 aliphatic carbocycles. The van der Waals surface area contributed by atoms with Crippen LogP contribution in [0.1, 0.15) is 43.7 Å². The number of nitrogens with one attached hydrogen (secondary N) is 1. The molecule has 0 aliphatic heterocycles. The first kappa shape index (κ1) is 19.2. The summed E-state index contributed by atoms with van der Waals surface area (Å²) in [6.07, 6.45) is 2.53. The molecule has 6 nitrogen and oxygen atoms in total. The molecular weight excluding hydrogens is 361 g/mol. The van der Waals surface area contributed by atoms with Crippen molar-refractivity contribution in [3.05, 3.63) is 46.5 Å². The van der Waals surface area contributed by atoms with Gasteiger partial charge in [-0.1, -0.05) is 25.7 Å². The monoisotopic (exact) mass is 382 g/mol. The molecule has 3 rings (SSSR count). The lowest BCUT2D eigenvalue weighted by molar-refractivity contribution is -0.137. The third-order valence-corrected chi connectivity index (χ3v) is 4.91. The first-order valence-electron chi connectivity index (χ1n) is 8.84. The Morgan fingerprint density at radius 2 is 2.00 bits per heavy atom. The van der Waals surface area contributed by atoms with Crippen molar-refractivity contribution in [2.75, 3.05) is 5.32 Å². The average Bonchev–Trinajstić information content (AvgIpc) is 3.23. The van der Waals surface area contributed by atoms with E-state index in [1.807, 2.05) is 0 Å². The number of rotatable bonds is 5. The van der Waals surface area contributed by atoms with Crippen LogP contribution in [0, 0.1) is 5.92 Å². The number of pyridine rings is 1. The highest BCUT2D eigenvalue weighted by atomic mass is 19.4. The number of hydrogen-bond acceptors (Lipinski definition) is 3. The van der Waals surface area contributed by atoms with Gasteiger partial charge in [0.15, 0.2) is 5.82 Å². The largest absolute Gasteiger partial charge is 0.416 e. The van der Waals surface area contributed by atoms with E-state index in [0.717, 1.165) is 42.5 Å². The van der Waals surface area contributed by atoms with Crippen LogP contribution in [0.25, 0.3) is 0 Å². The standard InChI is InChI=1S/C18H21F3N4O2/c1-24-8-7-15(23-24)22-17(27)14(10-12-4-2-3-5-12)25-9-6-13(11-16(25)26)18(19,20)21/h6-9,11-12,14H,2-5,10H2,1H3,(H,22,23,27). The summed E-state index contributed by atoms with van der Waals surface area (Å²) >= 11 is 0. The molecule has 9 heteroatoms. The van der Waals surface area contributed by atoms with Crippen LogP contribution in [-0.4, -0.2) is 20.3 Å². The molecular formula is C18H21F3N4O2. The first-order chi connectivity index (χ1) is 12.7. The van der Waals surface area contributed by atoms with Gasteiger partial charge in [-0.05, 0) is 18.4 Å². The zero-order valence-corrected chi connectivity index (χ0v) is 14.9. The van der Waals surface area contributed by atoms with Crippen LogP contribution in [0.15, 0.2) is 35.4 Å². The summed E-state index contributed by atoms with van der Waals surface area (Å²) in [4.78, 5) is 25.1. The van der Waals surface area contributed by atoms with E-state index in [4.69, 9.17) is 0 Å². The quantitative estimate of drug-likeness (QED) is 0.862. The number of nitrogens with zero attached hydrogens (tertiary/aromatic N) is 3. The van der Waals surface area contributed by atoms with Crippen LogP contribution in [0.3, 0.4) is 0 Å². The van der Waals surface area contributed by atoms with Crippen molar-refractivity contribution in [1.82, 2.24) is 14.3 Å². The normalized spacial score (nSPS) is 16.4. The zero-order valence-electron chi connectivity index (χ0n) is 14.9. The van der Waals surface area contributed by atoms with Gasteiger partial charge in [-0.2, -0.15) is 18.3 Å². The Hall–Kier alpha value is -2.58. The lowest BCUT2D eigenvalue weighted by Gasteiger charge is -2.22. The number of aromatic nitrogens is 3. The van der Waals surface area contributed by atoms with E-state index in [9.17, 15) is 22.8 Å². The van der Waals surface area contributed by atoms with Gasteiger partial charge in [-0.25, -0.2) is 0 Å². The van der Waals surface area contributed by atoms with E-state index in [1.165, 1.54) is 4.68 Å². The Kier molecular flexibility index (Phi) is 5.38. The van der Waals surface area contributed by atoms with Crippen LogP contribution in [0.5, 0.6) is 0 Å². The van der Waals surface area contributed by atoms with Gasteiger partial charge in [0, 0.05) is 31.6 Å². The van der Waals surface area contributed by atoms with E-state index < -0.39 is 29.2 Å². The molecule has 0 bridgehead atoms. The number of alkyl halides is 3. The second-order valence-electron chi connectivity index (χ2n) is 6.92. The highest BCUT2D eigenvalue weighted by molar-refractivity contribution is 5.92. The zero-order chi connectivity index (χ0) is 19.6. The van der Waals surface area contributed by atoms with Gasteiger partial charge in [0.05, 0.1) is 5.56 Å². The second-order valence-corrected chi connectivity index (χ2v) is 6.92. The summed E-state index contributed by atoms with van der Waals surface area (Å²) < 4.78 is 41.1. The summed E-state index contributed by atoms with van der Waals surface area (Å²) in [7, 11) is 1.70.